The number of thiazole rings is 1. The number of benzene rings is 1. The molecule has 7 heteroatoms. The van der Waals surface area contributed by atoms with Crippen LogP contribution in [0.25, 0.3) is 0 Å². The van der Waals surface area contributed by atoms with E-state index in [0.29, 0.717) is 12.2 Å². The predicted octanol–water partition coefficient (Wildman–Crippen LogP) is 2.25. The molecule has 17 heavy (non-hydrogen) atoms. The summed E-state index contributed by atoms with van der Waals surface area (Å²) >= 11 is 1.48. The number of nitrogens with zero attached hydrogens (tertiary/aromatic N) is 2. The number of anilines is 2. The van der Waals surface area contributed by atoms with E-state index in [-0.39, 0.29) is 11.4 Å². The van der Waals surface area contributed by atoms with Gasteiger partial charge in [0.05, 0.1) is 22.7 Å². The van der Waals surface area contributed by atoms with Gasteiger partial charge in [0.2, 0.25) is 0 Å². The topological polar surface area (TPSA) is 94.1 Å². The molecule has 2 aromatic rings. The molecule has 3 N–H and O–H groups in total. The zero-order valence-electron chi connectivity index (χ0n) is 8.79. The van der Waals surface area contributed by atoms with E-state index in [1.54, 1.807) is 17.6 Å². The molecule has 1 heterocycles. The minimum absolute atomic E-state index is 0.0947. The van der Waals surface area contributed by atoms with Crippen molar-refractivity contribution in [3.05, 3.63) is 44.9 Å². The predicted molar refractivity (Wildman–Crippen MR) is 66.9 cm³/mol. The number of nitrogen functional groups attached to an aromatic ring is 1. The number of nitrogens with one attached hydrogen (secondary N) is 1. The molecule has 0 amide bonds. The second-order valence-electron chi connectivity index (χ2n) is 3.33. The number of nitro benzene ring substituents is 1. The number of rotatable bonds is 4. The molecule has 0 spiro atoms. The summed E-state index contributed by atoms with van der Waals surface area (Å²) in [5.41, 5.74) is 8.59. The van der Waals surface area contributed by atoms with Crippen LogP contribution in [0, 0.1) is 10.1 Å². The fourth-order valence-electron chi connectivity index (χ4n) is 1.42. The van der Waals surface area contributed by atoms with E-state index in [1.807, 2.05) is 5.38 Å². The number of nitrogens with two attached hydrogens (primary N) is 1. The summed E-state index contributed by atoms with van der Waals surface area (Å²) in [6.07, 6.45) is 0. The van der Waals surface area contributed by atoms with Crippen molar-refractivity contribution in [1.29, 1.82) is 0 Å². The molecule has 0 aliphatic carbocycles. The van der Waals surface area contributed by atoms with Gasteiger partial charge in [0, 0.05) is 5.38 Å². The maximum atomic E-state index is 10.9. The molecular weight excluding hydrogens is 240 g/mol. The molecule has 0 saturated heterocycles. The molecule has 0 radical (unpaired) electrons. The quantitative estimate of drug-likeness (QED) is 0.493. The Balaban J connectivity index is 2.21. The Bertz CT molecular complexity index is 527. The van der Waals surface area contributed by atoms with Crippen molar-refractivity contribution in [2.75, 3.05) is 11.1 Å². The Hall–Kier alpha value is -2.15. The number of hydrogen-bond acceptors (Lipinski definition) is 6. The lowest BCUT2D eigenvalue weighted by molar-refractivity contribution is -0.383. The van der Waals surface area contributed by atoms with Gasteiger partial charge in [0.1, 0.15) is 11.4 Å². The van der Waals surface area contributed by atoms with Gasteiger partial charge in [-0.3, -0.25) is 10.1 Å². The maximum absolute atomic E-state index is 10.9. The van der Waals surface area contributed by atoms with Crippen molar-refractivity contribution < 1.29 is 4.92 Å². The van der Waals surface area contributed by atoms with Crippen molar-refractivity contribution in [3.63, 3.8) is 0 Å². The van der Waals surface area contributed by atoms with Gasteiger partial charge in [0.25, 0.3) is 0 Å². The summed E-state index contributed by atoms with van der Waals surface area (Å²) in [5, 5.41) is 15.7. The van der Waals surface area contributed by atoms with Crippen LogP contribution < -0.4 is 11.1 Å². The molecule has 0 atom stereocenters. The van der Waals surface area contributed by atoms with E-state index in [2.05, 4.69) is 10.3 Å². The van der Waals surface area contributed by atoms with E-state index in [4.69, 9.17) is 5.73 Å². The minimum Gasteiger partial charge on any atom is -0.393 e. The van der Waals surface area contributed by atoms with Gasteiger partial charge in [-0.25, -0.2) is 4.98 Å². The molecule has 2 rings (SSSR count). The third-order valence-corrected chi connectivity index (χ3v) is 2.83. The summed E-state index contributed by atoms with van der Waals surface area (Å²) in [6, 6.07) is 4.80. The van der Waals surface area contributed by atoms with Gasteiger partial charge < -0.3 is 11.1 Å². The lowest BCUT2D eigenvalue weighted by Crippen LogP contribution is -2.04. The lowest BCUT2D eigenvalue weighted by atomic mass is 10.2. The SMILES string of the molecule is Nc1cccc(NCc2cscn2)c1[N+](=O)[O-]. The molecular formula is C10H10N4O2S. The van der Waals surface area contributed by atoms with Crippen LogP contribution in [0.4, 0.5) is 17.1 Å². The third-order valence-electron chi connectivity index (χ3n) is 2.19. The molecule has 1 aromatic heterocycles. The monoisotopic (exact) mass is 250 g/mol. The second kappa shape index (κ2) is 4.79. The molecule has 0 aliphatic rings. The van der Waals surface area contributed by atoms with Crippen LogP contribution in [0.5, 0.6) is 0 Å². The van der Waals surface area contributed by atoms with Crippen LogP contribution in [0.1, 0.15) is 5.69 Å². The van der Waals surface area contributed by atoms with Gasteiger partial charge in [0.15, 0.2) is 0 Å². The van der Waals surface area contributed by atoms with Crippen molar-refractivity contribution in [2.45, 2.75) is 6.54 Å². The summed E-state index contributed by atoms with van der Waals surface area (Å²) in [6.45, 7) is 0.438. The van der Waals surface area contributed by atoms with Crippen molar-refractivity contribution in [1.82, 2.24) is 4.98 Å². The fraction of sp³-hybridized carbons (Fsp3) is 0.100. The number of hydrogen-bond donors (Lipinski definition) is 2. The molecule has 88 valence electrons. The Morgan fingerprint density at radius 2 is 2.35 bits per heavy atom. The summed E-state index contributed by atoms with van der Waals surface area (Å²) < 4.78 is 0. The lowest BCUT2D eigenvalue weighted by Gasteiger charge is -2.06. The van der Waals surface area contributed by atoms with E-state index < -0.39 is 4.92 Å². The van der Waals surface area contributed by atoms with Gasteiger partial charge >= 0.3 is 5.69 Å². The summed E-state index contributed by atoms with van der Waals surface area (Å²) in [7, 11) is 0. The standard InChI is InChI=1S/C10H10N4O2S/c11-8-2-1-3-9(10(8)14(15)16)12-4-7-5-17-6-13-7/h1-3,5-6,12H,4,11H2. The Labute approximate surface area is 101 Å². The molecule has 1 aromatic carbocycles. The highest BCUT2D eigenvalue weighted by Gasteiger charge is 2.17. The molecule has 0 fully saturated rings. The highest BCUT2D eigenvalue weighted by Crippen LogP contribution is 2.30. The van der Waals surface area contributed by atoms with Gasteiger partial charge in [-0.05, 0) is 12.1 Å². The summed E-state index contributed by atoms with van der Waals surface area (Å²) in [4.78, 5) is 14.5. The van der Waals surface area contributed by atoms with Crippen LogP contribution in [0.2, 0.25) is 0 Å². The molecule has 0 aliphatic heterocycles. The van der Waals surface area contributed by atoms with E-state index in [9.17, 15) is 10.1 Å². The van der Waals surface area contributed by atoms with Crippen LogP contribution in [0.3, 0.4) is 0 Å². The highest BCUT2D eigenvalue weighted by atomic mass is 32.1. The zero-order valence-corrected chi connectivity index (χ0v) is 9.61. The van der Waals surface area contributed by atoms with Crippen molar-refractivity contribution in [3.8, 4) is 0 Å². The van der Waals surface area contributed by atoms with E-state index >= 15 is 0 Å². The first-order valence-corrected chi connectivity index (χ1v) is 5.76. The first kappa shape index (κ1) is 11.3. The van der Waals surface area contributed by atoms with E-state index in [1.165, 1.54) is 17.4 Å². The molecule has 0 unspecified atom stereocenters. The number of para-hydroxylation sites is 1. The smallest absolute Gasteiger partial charge is 0.314 e. The average Bonchev–Trinajstić information content (AvgIpc) is 2.78. The summed E-state index contributed by atoms with van der Waals surface area (Å²) in [5.74, 6) is 0. The second-order valence-corrected chi connectivity index (χ2v) is 4.05. The van der Waals surface area contributed by atoms with Gasteiger partial charge in [-0.1, -0.05) is 6.07 Å². The van der Waals surface area contributed by atoms with Gasteiger partial charge in [-0.15, -0.1) is 11.3 Å². The minimum atomic E-state index is -0.487. The number of aromatic nitrogens is 1. The van der Waals surface area contributed by atoms with Crippen LogP contribution in [-0.2, 0) is 6.54 Å². The first-order valence-electron chi connectivity index (χ1n) is 4.82. The Kier molecular flexibility index (Phi) is 3.20. The molecule has 0 bridgehead atoms. The highest BCUT2D eigenvalue weighted by molar-refractivity contribution is 7.07. The van der Waals surface area contributed by atoms with Crippen LogP contribution >= 0.6 is 11.3 Å². The normalized spacial score (nSPS) is 10.1. The van der Waals surface area contributed by atoms with Gasteiger partial charge in [-0.2, -0.15) is 0 Å². The van der Waals surface area contributed by atoms with Crippen molar-refractivity contribution >= 4 is 28.4 Å². The third kappa shape index (κ3) is 2.51. The molecule has 0 saturated carbocycles. The Morgan fingerprint density at radius 1 is 1.53 bits per heavy atom. The maximum Gasteiger partial charge on any atom is 0.314 e. The first-order chi connectivity index (χ1) is 8.18. The largest absolute Gasteiger partial charge is 0.393 e. The molecule has 6 nitrogen and oxygen atoms in total. The number of nitro groups is 1. The fourth-order valence-corrected chi connectivity index (χ4v) is 1.98. The average molecular weight is 250 g/mol. The van der Waals surface area contributed by atoms with Crippen LogP contribution in [-0.4, -0.2) is 9.91 Å². The van der Waals surface area contributed by atoms with Crippen LogP contribution in [0.15, 0.2) is 29.1 Å². The Morgan fingerprint density at radius 3 is 3.00 bits per heavy atom. The van der Waals surface area contributed by atoms with E-state index in [0.717, 1.165) is 5.69 Å². The van der Waals surface area contributed by atoms with Crippen molar-refractivity contribution in [2.24, 2.45) is 0 Å². The zero-order chi connectivity index (χ0) is 12.3.